The fourth-order valence-electron chi connectivity index (χ4n) is 5.88. The number of rotatable bonds is 15. The SMILES string of the molecule is COc1ccc(CCNC(=O)[C@@H](Cc2ccccc2)N(Cc2ccc(Cl)cc2)C(=O)CCc2ccc(S(=O)(=O)N3CCCC3)cc2)cc1. The second-order valence-corrected chi connectivity index (χ2v) is 14.4. The van der Waals surface area contributed by atoms with Gasteiger partial charge in [0.15, 0.2) is 0 Å². The highest BCUT2D eigenvalue weighted by molar-refractivity contribution is 7.89. The molecule has 1 atom stereocenters. The van der Waals surface area contributed by atoms with Crippen LogP contribution in [0.25, 0.3) is 0 Å². The van der Waals surface area contributed by atoms with E-state index in [-0.39, 0.29) is 29.7 Å². The first-order chi connectivity index (χ1) is 23.2. The van der Waals surface area contributed by atoms with E-state index >= 15 is 0 Å². The number of hydrogen-bond donors (Lipinski definition) is 1. The highest BCUT2D eigenvalue weighted by atomic mass is 35.5. The van der Waals surface area contributed by atoms with Gasteiger partial charge in [-0.15, -0.1) is 0 Å². The lowest BCUT2D eigenvalue weighted by Crippen LogP contribution is -2.50. The van der Waals surface area contributed by atoms with Crippen LogP contribution in [0.3, 0.4) is 0 Å². The minimum absolute atomic E-state index is 0.149. The number of ether oxygens (including phenoxy) is 1. The number of amides is 2. The summed E-state index contributed by atoms with van der Waals surface area (Å²) in [6.45, 7) is 1.72. The van der Waals surface area contributed by atoms with E-state index in [1.165, 1.54) is 4.31 Å². The van der Waals surface area contributed by atoms with Crippen molar-refractivity contribution in [1.82, 2.24) is 14.5 Å². The molecule has 0 aromatic heterocycles. The van der Waals surface area contributed by atoms with Crippen molar-refractivity contribution in [2.75, 3.05) is 26.7 Å². The molecule has 8 nitrogen and oxygen atoms in total. The Morgan fingerprint density at radius 1 is 0.812 bits per heavy atom. The third-order valence-electron chi connectivity index (χ3n) is 8.66. The van der Waals surface area contributed by atoms with Crippen LogP contribution in [0.1, 0.15) is 41.5 Å². The maximum atomic E-state index is 14.1. The third-order valence-corrected chi connectivity index (χ3v) is 10.8. The van der Waals surface area contributed by atoms with E-state index in [0.29, 0.717) is 43.9 Å². The quantitative estimate of drug-likeness (QED) is 0.164. The number of sulfonamides is 1. The van der Waals surface area contributed by atoms with Gasteiger partial charge < -0.3 is 15.0 Å². The second-order valence-electron chi connectivity index (χ2n) is 12.0. The summed E-state index contributed by atoms with van der Waals surface area (Å²) >= 11 is 6.16. The number of carbonyl (C=O) groups is 2. The van der Waals surface area contributed by atoms with E-state index in [1.807, 2.05) is 66.7 Å². The van der Waals surface area contributed by atoms with Crippen LogP contribution in [0.15, 0.2) is 108 Å². The maximum absolute atomic E-state index is 14.1. The molecule has 10 heteroatoms. The minimum Gasteiger partial charge on any atom is -0.497 e. The third kappa shape index (κ3) is 9.46. The summed E-state index contributed by atoms with van der Waals surface area (Å²) < 4.78 is 32.7. The monoisotopic (exact) mass is 687 g/mol. The smallest absolute Gasteiger partial charge is 0.243 e. The summed E-state index contributed by atoms with van der Waals surface area (Å²) in [6.07, 6.45) is 3.27. The van der Waals surface area contributed by atoms with Crippen LogP contribution in [0.5, 0.6) is 5.75 Å². The van der Waals surface area contributed by atoms with E-state index in [0.717, 1.165) is 40.8 Å². The molecule has 0 spiro atoms. The highest BCUT2D eigenvalue weighted by Gasteiger charge is 2.30. The predicted molar refractivity (Wildman–Crippen MR) is 188 cm³/mol. The van der Waals surface area contributed by atoms with Gasteiger partial charge in [0.2, 0.25) is 21.8 Å². The van der Waals surface area contributed by atoms with Crippen LogP contribution < -0.4 is 10.1 Å². The van der Waals surface area contributed by atoms with Crippen molar-refractivity contribution in [3.05, 3.63) is 130 Å². The number of nitrogens with zero attached hydrogens (tertiary/aromatic N) is 2. The Bertz CT molecular complexity index is 1740. The van der Waals surface area contributed by atoms with E-state index < -0.39 is 16.1 Å². The van der Waals surface area contributed by atoms with E-state index in [1.54, 1.807) is 48.4 Å². The molecule has 252 valence electrons. The van der Waals surface area contributed by atoms with Crippen LogP contribution in [0.2, 0.25) is 5.02 Å². The second kappa shape index (κ2) is 16.8. The van der Waals surface area contributed by atoms with Gasteiger partial charge in [0.1, 0.15) is 11.8 Å². The Morgan fingerprint density at radius 3 is 2.06 bits per heavy atom. The van der Waals surface area contributed by atoms with E-state index in [4.69, 9.17) is 16.3 Å². The van der Waals surface area contributed by atoms with Gasteiger partial charge in [-0.1, -0.05) is 78.3 Å². The largest absolute Gasteiger partial charge is 0.497 e. The van der Waals surface area contributed by atoms with Crippen LogP contribution in [-0.2, 0) is 45.4 Å². The molecule has 1 aliphatic rings. The molecule has 4 aromatic rings. The fraction of sp³-hybridized carbons (Fsp3) is 0.316. The molecule has 1 fully saturated rings. The average molecular weight is 688 g/mol. The first kappa shape index (κ1) is 35.1. The Kier molecular flexibility index (Phi) is 12.3. The highest BCUT2D eigenvalue weighted by Crippen LogP contribution is 2.23. The lowest BCUT2D eigenvalue weighted by atomic mass is 10.0. The van der Waals surface area contributed by atoms with Gasteiger partial charge >= 0.3 is 0 Å². The van der Waals surface area contributed by atoms with Crippen molar-refractivity contribution >= 4 is 33.4 Å². The number of methoxy groups -OCH3 is 1. The number of benzene rings is 4. The number of carbonyl (C=O) groups excluding carboxylic acids is 2. The van der Waals surface area contributed by atoms with Crippen LogP contribution in [0, 0.1) is 0 Å². The molecule has 0 aliphatic carbocycles. The number of nitrogens with one attached hydrogen (secondary N) is 1. The van der Waals surface area contributed by atoms with Crippen molar-refractivity contribution in [3.63, 3.8) is 0 Å². The zero-order chi connectivity index (χ0) is 33.9. The minimum atomic E-state index is -3.52. The van der Waals surface area contributed by atoms with Crippen molar-refractivity contribution in [1.29, 1.82) is 0 Å². The molecule has 0 radical (unpaired) electrons. The molecule has 0 unspecified atom stereocenters. The molecule has 0 bridgehead atoms. The van der Waals surface area contributed by atoms with Crippen molar-refractivity contribution < 1.29 is 22.7 Å². The Morgan fingerprint density at radius 2 is 1.42 bits per heavy atom. The van der Waals surface area contributed by atoms with Gasteiger partial charge in [-0.2, -0.15) is 4.31 Å². The fourth-order valence-corrected chi connectivity index (χ4v) is 7.52. The normalized spacial score (nSPS) is 14.0. The molecular formula is C38H42ClN3O5S. The topological polar surface area (TPSA) is 96.0 Å². The summed E-state index contributed by atoms with van der Waals surface area (Å²) in [7, 11) is -1.90. The molecule has 0 saturated carbocycles. The number of halogens is 1. The first-order valence-corrected chi connectivity index (χ1v) is 18.1. The van der Waals surface area contributed by atoms with Gasteiger partial charge in [0.05, 0.1) is 12.0 Å². The Hall–Kier alpha value is -4.18. The number of hydrogen-bond acceptors (Lipinski definition) is 5. The molecular weight excluding hydrogens is 646 g/mol. The van der Waals surface area contributed by atoms with Crippen molar-refractivity contribution in [2.45, 2.75) is 56.0 Å². The van der Waals surface area contributed by atoms with Gasteiger partial charge in [0, 0.05) is 44.0 Å². The zero-order valence-electron chi connectivity index (χ0n) is 27.2. The van der Waals surface area contributed by atoms with Gasteiger partial charge in [-0.3, -0.25) is 9.59 Å². The first-order valence-electron chi connectivity index (χ1n) is 16.3. The molecule has 1 aliphatic heterocycles. The summed E-state index contributed by atoms with van der Waals surface area (Å²) in [5.74, 6) is 0.362. The van der Waals surface area contributed by atoms with E-state index in [9.17, 15) is 18.0 Å². The van der Waals surface area contributed by atoms with Crippen molar-refractivity contribution in [2.24, 2.45) is 0 Å². The lowest BCUT2D eigenvalue weighted by molar-refractivity contribution is -0.141. The number of aryl methyl sites for hydroxylation is 1. The van der Waals surface area contributed by atoms with Crippen LogP contribution in [0.4, 0.5) is 0 Å². The molecule has 5 rings (SSSR count). The Balaban J connectivity index is 1.33. The van der Waals surface area contributed by atoms with Crippen LogP contribution in [-0.4, -0.2) is 62.2 Å². The predicted octanol–water partition coefficient (Wildman–Crippen LogP) is 6.06. The Labute approximate surface area is 288 Å². The molecule has 48 heavy (non-hydrogen) atoms. The summed E-state index contributed by atoms with van der Waals surface area (Å²) in [4.78, 5) is 29.9. The standard InChI is InChI=1S/C38H42ClN3O5S/c1-47-34-18-11-30(12-19-34)23-24-40-38(44)36(27-31-7-3-2-4-8-31)42(28-32-9-16-33(39)17-10-32)37(43)22-15-29-13-20-35(21-14-29)48(45,46)41-25-5-6-26-41/h2-4,7-14,16-21,36H,5-6,15,22-28H2,1H3,(H,40,44)/t36-/m1/s1. The van der Waals surface area contributed by atoms with Crippen LogP contribution >= 0.6 is 11.6 Å². The molecule has 1 N–H and O–H groups in total. The molecule has 1 heterocycles. The summed E-state index contributed by atoms with van der Waals surface area (Å²) in [5, 5.41) is 3.67. The van der Waals surface area contributed by atoms with Gasteiger partial charge in [-0.05, 0) is 84.3 Å². The summed E-state index contributed by atoms with van der Waals surface area (Å²) in [5.41, 5.74) is 3.70. The molecule has 4 aromatic carbocycles. The lowest BCUT2D eigenvalue weighted by Gasteiger charge is -2.32. The molecule has 1 saturated heterocycles. The van der Waals surface area contributed by atoms with Gasteiger partial charge in [-0.25, -0.2) is 8.42 Å². The zero-order valence-corrected chi connectivity index (χ0v) is 28.8. The maximum Gasteiger partial charge on any atom is 0.243 e. The van der Waals surface area contributed by atoms with Crippen molar-refractivity contribution in [3.8, 4) is 5.75 Å². The summed E-state index contributed by atoms with van der Waals surface area (Å²) in [6, 6.07) is 30.7. The van der Waals surface area contributed by atoms with Gasteiger partial charge in [0.25, 0.3) is 0 Å². The molecule has 2 amide bonds. The van der Waals surface area contributed by atoms with E-state index in [2.05, 4.69) is 5.32 Å². The average Bonchev–Trinajstić information content (AvgIpc) is 3.67.